The molecule has 0 amide bonds. The molecule has 4 heteroatoms. The Morgan fingerprint density at radius 1 is 1.47 bits per heavy atom. The molecule has 4 nitrogen and oxygen atoms in total. The maximum Gasteiger partial charge on any atom is 0.141 e. The topological polar surface area (TPSA) is 42.7 Å². The van der Waals surface area contributed by atoms with Crippen molar-refractivity contribution in [2.24, 2.45) is 5.92 Å². The summed E-state index contributed by atoms with van der Waals surface area (Å²) < 4.78 is 2.15. The van der Waals surface area contributed by atoms with Gasteiger partial charge in [0.05, 0.1) is 12.6 Å². The van der Waals surface area contributed by atoms with Gasteiger partial charge in [0.2, 0.25) is 0 Å². The predicted molar refractivity (Wildman–Crippen MR) is 68.7 cm³/mol. The van der Waals surface area contributed by atoms with E-state index in [-0.39, 0.29) is 0 Å². The molecule has 1 aliphatic carbocycles. The lowest BCUT2D eigenvalue weighted by Crippen LogP contribution is -2.24. The molecule has 2 rings (SSSR count). The van der Waals surface area contributed by atoms with Gasteiger partial charge in [0.15, 0.2) is 0 Å². The summed E-state index contributed by atoms with van der Waals surface area (Å²) in [5.74, 6) is 1.92. The molecule has 0 saturated heterocycles. The molecule has 96 valence electrons. The molecular formula is C13H24N4. The molecule has 1 aliphatic rings. The Bertz CT molecular complexity index is 334. The van der Waals surface area contributed by atoms with Crippen molar-refractivity contribution in [1.82, 2.24) is 20.1 Å². The fourth-order valence-corrected chi connectivity index (χ4v) is 2.71. The summed E-state index contributed by atoms with van der Waals surface area (Å²) in [6.45, 7) is 6.42. The van der Waals surface area contributed by atoms with Crippen molar-refractivity contribution >= 4 is 0 Å². The van der Waals surface area contributed by atoms with Crippen LogP contribution >= 0.6 is 0 Å². The Hall–Kier alpha value is -0.900. The second-order valence-corrected chi connectivity index (χ2v) is 5.22. The molecule has 1 aromatic rings. The van der Waals surface area contributed by atoms with Crippen LogP contribution in [0, 0.1) is 5.92 Å². The number of rotatable bonds is 5. The first-order valence-electron chi connectivity index (χ1n) is 6.90. The van der Waals surface area contributed by atoms with Gasteiger partial charge in [-0.3, -0.25) is 0 Å². The SMILES string of the molecule is CCCNCc1ncnn1C1CCCC(C)C1. The maximum atomic E-state index is 4.42. The number of nitrogens with zero attached hydrogens (tertiary/aromatic N) is 3. The largest absolute Gasteiger partial charge is 0.310 e. The van der Waals surface area contributed by atoms with Crippen molar-refractivity contribution in [3.63, 3.8) is 0 Å². The molecule has 2 atom stereocenters. The quantitative estimate of drug-likeness (QED) is 0.799. The van der Waals surface area contributed by atoms with Crippen LogP contribution in [0.25, 0.3) is 0 Å². The average molecular weight is 236 g/mol. The van der Waals surface area contributed by atoms with Crippen molar-refractivity contribution in [1.29, 1.82) is 0 Å². The molecule has 0 spiro atoms. The van der Waals surface area contributed by atoms with Gasteiger partial charge in [-0.05, 0) is 31.7 Å². The van der Waals surface area contributed by atoms with E-state index in [1.54, 1.807) is 6.33 Å². The zero-order valence-corrected chi connectivity index (χ0v) is 11.0. The molecule has 1 N–H and O–H groups in total. The normalized spacial score (nSPS) is 25.1. The monoisotopic (exact) mass is 236 g/mol. The summed E-state index contributed by atoms with van der Waals surface area (Å²) in [5.41, 5.74) is 0. The van der Waals surface area contributed by atoms with E-state index in [0.717, 1.165) is 31.3 Å². The van der Waals surface area contributed by atoms with Crippen molar-refractivity contribution in [3.8, 4) is 0 Å². The molecule has 1 aromatic heterocycles. The van der Waals surface area contributed by atoms with E-state index in [1.807, 2.05) is 0 Å². The number of aromatic nitrogens is 3. The molecule has 0 aromatic carbocycles. The highest BCUT2D eigenvalue weighted by molar-refractivity contribution is 4.89. The van der Waals surface area contributed by atoms with Crippen LogP contribution in [0.5, 0.6) is 0 Å². The molecule has 1 fully saturated rings. The van der Waals surface area contributed by atoms with Gasteiger partial charge in [-0.25, -0.2) is 9.67 Å². The Balaban J connectivity index is 1.97. The molecule has 0 bridgehead atoms. The molecular weight excluding hydrogens is 212 g/mol. The van der Waals surface area contributed by atoms with Crippen LogP contribution in [0.1, 0.15) is 57.8 Å². The molecule has 0 radical (unpaired) electrons. The van der Waals surface area contributed by atoms with Crippen molar-refractivity contribution in [2.75, 3.05) is 6.54 Å². The van der Waals surface area contributed by atoms with E-state index in [9.17, 15) is 0 Å². The summed E-state index contributed by atoms with van der Waals surface area (Å²) in [6, 6.07) is 0.569. The zero-order valence-electron chi connectivity index (χ0n) is 11.0. The standard InChI is InChI=1S/C13H24N4/c1-3-7-14-9-13-15-10-16-17(13)12-6-4-5-11(2)8-12/h10-12,14H,3-9H2,1-2H3. The van der Waals surface area contributed by atoms with E-state index >= 15 is 0 Å². The Morgan fingerprint density at radius 3 is 3.12 bits per heavy atom. The van der Waals surface area contributed by atoms with E-state index in [1.165, 1.54) is 25.7 Å². The van der Waals surface area contributed by atoms with Crippen LogP contribution in [-0.2, 0) is 6.54 Å². The summed E-state index contributed by atoms with van der Waals surface area (Å²) >= 11 is 0. The third-order valence-corrected chi connectivity index (χ3v) is 3.61. The number of nitrogens with one attached hydrogen (secondary N) is 1. The highest BCUT2D eigenvalue weighted by Crippen LogP contribution is 2.31. The van der Waals surface area contributed by atoms with Crippen LogP contribution in [0.2, 0.25) is 0 Å². The number of hydrogen-bond acceptors (Lipinski definition) is 3. The summed E-state index contributed by atoms with van der Waals surface area (Å²) in [6.07, 6.45) is 8.07. The predicted octanol–water partition coefficient (Wildman–Crippen LogP) is 2.53. The summed E-state index contributed by atoms with van der Waals surface area (Å²) in [5, 5.41) is 7.82. The molecule has 1 saturated carbocycles. The Labute approximate surface area is 104 Å². The second kappa shape index (κ2) is 6.15. The van der Waals surface area contributed by atoms with Gasteiger partial charge in [0, 0.05) is 0 Å². The zero-order chi connectivity index (χ0) is 12.1. The fourth-order valence-electron chi connectivity index (χ4n) is 2.71. The first kappa shape index (κ1) is 12.6. The van der Waals surface area contributed by atoms with E-state index in [0.29, 0.717) is 6.04 Å². The van der Waals surface area contributed by atoms with Gasteiger partial charge >= 0.3 is 0 Å². The fraction of sp³-hybridized carbons (Fsp3) is 0.846. The smallest absolute Gasteiger partial charge is 0.141 e. The molecule has 17 heavy (non-hydrogen) atoms. The lowest BCUT2D eigenvalue weighted by Gasteiger charge is -2.27. The van der Waals surface area contributed by atoms with Crippen molar-refractivity contribution < 1.29 is 0 Å². The third kappa shape index (κ3) is 3.28. The highest BCUT2D eigenvalue weighted by atomic mass is 15.4. The second-order valence-electron chi connectivity index (χ2n) is 5.22. The van der Waals surface area contributed by atoms with Gasteiger partial charge < -0.3 is 5.32 Å². The molecule has 1 heterocycles. The first-order chi connectivity index (χ1) is 8.31. The summed E-state index contributed by atoms with van der Waals surface area (Å²) in [7, 11) is 0. The minimum Gasteiger partial charge on any atom is -0.310 e. The van der Waals surface area contributed by atoms with Crippen molar-refractivity contribution in [2.45, 2.75) is 58.5 Å². The van der Waals surface area contributed by atoms with Crippen LogP contribution < -0.4 is 5.32 Å². The Kier molecular flexibility index (Phi) is 4.54. The van der Waals surface area contributed by atoms with Crippen LogP contribution in [0.3, 0.4) is 0 Å². The number of hydrogen-bond donors (Lipinski definition) is 1. The van der Waals surface area contributed by atoms with Gasteiger partial charge in [0.25, 0.3) is 0 Å². The Morgan fingerprint density at radius 2 is 2.35 bits per heavy atom. The highest BCUT2D eigenvalue weighted by Gasteiger charge is 2.22. The average Bonchev–Trinajstić information content (AvgIpc) is 2.78. The van der Waals surface area contributed by atoms with E-state index in [4.69, 9.17) is 0 Å². The van der Waals surface area contributed by atoms with Gasteiger partial charge in [-0.2, -0.15) is 5.10 Å². The van der Waals surface area contributed by atoms with Crippen LogP contribution in [0.4, 0.5) is 0 Å². The van der Waals surface area contributed by atoms with Gasteiger partial charge in [0.1, 0.15) is 12.2 Å². The maximum absolute atomic E-state index is 4.42. The minimum absolute atomic E-state index is 0.569. The van der Waals surface area contributed by atoms with Crippen LogP contribution in [-0.4, -0.2) is 21.3 Å². The van der Waals surface area contributed by atoms with Crippen LogP contribution in [0.15, 0.2) is 6.33 Å². The van der Waals surface area contributed by atoms with E-state index in [2.05, 4.69) is 33.9 Å². The van der Waals surface area contributed by atoms with Gasteiger partial charge in [-0.1, -0.05) is 26.7 Å². The lowest BCUT2D eigenvalue weighted by molar-refractivity contribution is 0.260. The van der Waals surface area contributed by atoms with Gasteiger partial charge in [-0.15, -0.1) is 0 Å². The summed E-state index contributed by atoms with van der Waals surface area (Å²) in [4.78, 5) is 4.38. The minimum atomic E-state index is 0.569. The van der Waals surface area contributed by atoms with Crippen molar-refractivity contribution in [3.05, 3.63) is 12.2 Å². The molecule has 2 unspecified atom stereocenters. The third-order valence-electron chi connectivity index (χ3n) is 3.61. The lowest BCUT2D eigenvalue weighted by atomic mass is 9.87. The van der Waals surface area contributed by atoms with E-state index < -0.39 is 0 Å². The first-order valence-corrected chi connectivity index (χ1v) is 6.90. The molecule has 0 aliphatic heterocycles.